The zero-order chi connectivity index (χ0) is 13.8. The zero-order valence-electron chi connectivity index (χ0n) is 10.5. The zero-order valence-corrected chi connectivity index (χ0v) is 10.5. The minimum absolute atomic E-state index is 0.0192. The van der Waals surface area contributed by atoms with Crippen LogP contribution in [0.15, 0.2) is 48.5 Å². The molecule has 5 nitrogen and oxygen atoms in total. The summed E-state index contributed by atoms with van der Waals surface area (Å²) in [6.45, 7) is -0.242. The lowest BCUT2D eigenvalue weighted by molar-refractivity contribution is -0.384. The summed E-state index contributed by atoms with van der Waals surface area (Å²) >= 11 is 0. The fraction of sp³-hybridized carbons (Fsp3) is 0.143. The van der Waals surface area contributed by atoms with Gasteiger partial charge in [-0.25, -0.2) is 0 Å². The largest absolute Gasteiger partial charge is 0.392 e. The number of nitro benzene ring substituents is 1. The highest BCUT2D eigenvalue weighted by atomic mass is 16.6. The second kappa shape index (κ2) is 5.49. The van der Waals surface area contributed by atoms with Crippen molar-refractivity contribution in [3.63, 3.8) is 0 Å². The average molecular weight is 258 g/mol. The summed E-state index contributed by atoms with van der Waals surface area (Å²) in [5, 5.41) is 20.1. The number of non-ortho nitro benzene ring substituents is 1. The Kier molecular flexibility index (Phi) is 3.77. The van der Waals surface area contributed by atoms with Gasteiger partial charge in [-0.1, -0.05) is 18.2 Å². The fourth-order valence-electron chi connectivity index (χ4n) is 1.93. The van der Waals surface area contributed by atoms with E-state index in [1.807, 2.05) is 42.3 Å². The molecule has 2 aromatic carbocycles. The van der Waals surface area contributed by atoms with Gasteiger partial charge in [-0.3, -0.25) is 10.1 Å². The van der Waals surface area contributed by atoms with Crippen LogP contribution in [0, 0.1) is 10.1 Å². The Hall–Kier alpha value is -2.40. The Morgan fingerprint density at radius 3 is 2.47 bits per heavy atom. The van der Waals surface area contributed by atoms with Crippen LogP contribution in [0.2, 0.25) is 0 Å². The Bertz CT molecular complexity index is 584. The summed E-state index contributed by atoms with van der Waals surface area (Å²) in [5.74, 6) is 0. The topological polar surface area (TPSA) is 66.6 Å². The summed E-state index contributed by atoms with van der Waals surface area (Å²) < 4.78 is 0. The first-order valence-corrected chi connectivity index (χ1v) is 5.80. The summed E-state index contributed by atoms with van der Waals surface area (Å²) in [4.78, 5) is 12.1. The smallest absolute Gasteiger partial charge is 0.269 e. The van der Waals surface area contributed by atoms with Gasteiger partial charge in [-0.2, -0.15) is 0 Å². The third-order valence-electron chi connectivity index (χ3n) is 2.95. The molecule has 0 spiro atoms. The van der Waals surface area contributed by atoms with E-state index in [4.69, 9.17) is 0 Å². The Morgan fingerprint density at radius 2 is 1.89 bits per heavy atom. The highest BCUT2D eigenvalue weighted by Crippen LogP contribution is 2.29. The molecule has 5 heteroatoms. The van der Waals surface area contributed by atoms with Gasteiger partial charge in [0.1, 0.15) is 0 Å². The van der Waals surface area contributed by atoms with Crippen molar-refractivity contribution in [1.29, 1.82) is 0 Å². The molecule has 0 aliphatic rings. The highest BCUT2D eigenvalue weighted by Gasteiger charge is 2.13. The first-order valence-electron chi connectivity index (χ1n) is 5.80. The average Bonchev–Trinajstić information content (AvgIpc) is 2.46. The molecule has 19 heavy (non-hydrogen) atoms. The Labute approximate surface area is 110 Å². The predicted octanol–water partition coefficient (Wildman–Crippen LogP) is 2.86. The molecule has 0 unspecified atom stereocenters. The van der Waals surface area contributed by atoms with Crippen molar-refractivity contribution in [2.45, 2.75) is 6.61 Å². The van der Waals surface area contributed by atoms with E-state index in [-0.39, 0.29) is 12.3 Å². The molecule has 2 rings (SSSR count). The second-order valence-corrected chi connectivity index (χ2v) is 4.12. The van der Waals surface area contributed by atoms with Crippen LogP contribution in [0.3, 0.4) is 0 Å². The molecule has 0 heterocycles. The lowest BCUT2D eigenvalue weighted by Crippen LogP contribution is -2.12. The molecule has 0 aliphatic heterocycles. The number of hydrogen-bond acceptors (Lipinski definition) is 4. The van der Waals surface area contributed by atoms with Gasteiger partial charge in [0.25, 0.3) is 5.69 Å². The van der Waals surface area contributed by atoms with E-state index < -0.39 is 4.92 Å². The van der Waals surface area contributed by atoms with Crippen LogP contribution in [0.4, 0.5) is 17.1 Å². The standard InChI is InChI=1S/C14H14N2O3/c1-15(12-5-3-2-4-6-12)14-8-7-13(16(18)19)9-11(14)10-17/h2-9,17H,10H2,1H3. The van der Waals surface area contributed by atoms with Crippen LogP contribution in [0.5, 0.6) is 0 Å². The van der Waals surface area contributed by atoms with Gasteiger partial charge in [0.2, 0.25) is 0 Å². The van der Waals surface area contributed by atoms with Gasteiger partial charge in [0.05, 0.1) is 11.5 Å². The van der Waals surface area contributed by atoms with Crippen LogP contribution < -0.4 is 4.90 Å². The van der Waals surface area contributed by atoms with Crippen LogP contribution in [0.25, 0.3) is 0 Å². The van der Waals surface area contributed by atoms with Crippen molar-refractivity contribution in [2.75, 3.05) is 11.9 Å². The Morgan fingerprint density at radius 1 is 1.21 bits per heavy atom. The van der Waals surface area contributed by atoms with Crippen LogP contribution >= 0.6 is 0 Å². The van der Waals surface area contributed by atoms with Crippen molar-refractivity contribution in [3.05, 3.63) is 64.2 Å². The number of para-hydroxylation sites is 1. The molecule has 1 N–H and O–H groups in total. The Balaban J connectivity index is 2.42. The van der Waals surface area contributed by atoms with Crippen molar-refractivity contribution in [3.8, 4) is 0 Å². The van der Waals surface area contributed by atoms with Crippen LogP contribution in [0.1, 0.15) is 5.56 Å². The summed E-state index contributed by atoms with van der Waals surface area (Å²) in [6, 6.07) is 14.1. The minimum Gasteiger partial charge on any atom is -0.392 e. The van der Waals surface area contributed by atoms with Crippen LogP contribution in [-0.4, -0.2) is 17.1 Å². The molecular weight excluding hydrogens is 244 g/mol. The molecule has 0 amide bonds. The van der Waals surface area contributed by atoms with Crippen molar-refractivity contribution in [1.82, 2.24) is 0 Å². The number of anilines is 2. The number of hydrogen-bond donors (Lipinski definition) is 1. The van der Waals surface area contributed by atoms with Crippen molar-refractivity contribution < 1.29 is 10.0 Å². The van der Waals surface area contributed by atoms with E-state index in [1.54, 1.807) is 6.07 Å². The first-order chi connectivity index (χ1) is 9.13. The monoisotopic (exact) mass is 258 g/mol. The van der Waals surface area contributed by atoms with Crippen LogP contribution in [-0.2, 0) is 6.61 Å². The SMILES string of the molecule is CN(c1ccccc1)c1ccc([N+](=O)[O-])cc1CO. The number of benzene rings is 2. The van der Waals surface area contributed by atoms with Gasteiger partial charge in [0, 0.05) is 36.1 Å². The third-order valence-corrected chi connectivity index (χ3v) is 2.95. The van der Waals surface area contributed by atoms with Gasteiger partial charge in [-0.15, -0.1) is 0 Å². The molecule has 0 aliphatic carbocycles. The second-order valence-electron chi connectivity index (χ2n) is 4.12. The third kappa shape index (κ3) is 2.71. The molecule has 0 bridgehead atoms. The fourth-order valence-corrected chi connectivity index (χ4v) is 1.93. The van der Waals surface area contributed by atoms with Crippen molar-refractivity contribution in [2.24, 2.45) is 0 Å². The maximum absolute atomic E-state index is 10.7. The lowest BCUT2D eigenvalue weighted by Gasteiger charge is -2.21. The summed E-state index contributed by atoms with van der Waals surface area (Å²) in [5.41, 5.74) is 2.21. The molecular formula is C14H14N2O3. The molecule has 0 saturated carbocycles. The first kappa shape index (κ1) is 13.0. The van der Waals surface area contributed by atoms with E-state index >= 15 is 0 Å². The molecule has 0 atom stereocenters. The summed E-state index contributed by atoms with van der Waals surface area (Å²) in [7, 11) is 1.86. The highest BCUT2D eigenvalue weighted by molar-refractivity contribution is 5.67. The molecule has 0 aromatic heterocycles. The van der Waals surface area contributed by atoms with E-state index in [1.165, 1.54) is 12.1 Å². The molecule has 0 saturated heterocycles. The molecule has 2 aromatic rings. The van der Waals surface area contributed by atoms with Gasteiger partial charge in [0.15, 0.2) is 0 Å². The van der Waals surface area contributed by atoms with Gasteiger partial charge >= 0.3 is 0 Å². The number of aliphatic hydroxyl groups is 1. The number of nitro groups is 1. The maximum Gasteiger partial charge on any atom is 0.269 e. The number of rotatable bonds is 4. The van der Waals surface area contributed by atoms with E-state index in [9.17, 15) is 15.2 Å². The number of nitrogens with zero attached hydrogens (tertiary/aromatic N) is 2. The van der Waals surface area contributed by atoms with E-state index in [0.717, 1.165) is 11.4 Å². The molecule has 98 valence electrons. The molecule has 0 fully saturated rings. The lowest BCUT2D eigenvalue weighted by atomic mass is 10.1. The number of aliphatic hydroxyl groups excluding tert-OH is 1. The van der Waals surface area contributed by atoms with E-state index in [0.29, 0.717) is 5.56 Å². The summed E-state index contributed by atoms with van der Waals surface area (Å²) in [6.07, 6.45) is 0. The van der Waals surface area contributed by atoms with Gasteiger partial charge < -0.3 is 10.0 Å². The van der Waals surface area contributed by atoms with Gasteiger partial charge in [-0.05, 0) is 18.2 Å². The normalized spacial score (nSPS) is 10.2. The van der Waals surface area contributed by atoms with Crippen molar-refractivity contribution >= 4 is 17.1 Å². The molecule has 0 radical (unpaired) electrons. The quantitative estimate of drug-likeness (QED) is 0.676. The minimum atomic E-state index is -0.467. The van der Waals surface area contributed by atoms with E-state index in [2.05, 4.69) is 0 Å². The predicted molar refractivity (Wildman–Crippen MR) is 73.5 cm³/mol. The maximum atomic E-state index is 10.7.